The van der Waals surface area contributed by atoms with Gasteiger partial charge in [0.25, 0.3) is 0 Å². The molecule has 0 aliphatic heterocycles. The van der Waals surface area contributed by atoms with Gasteiger partial charge in [-0.25, -0.2) is 4.98 Å². The summed E-state index contributed by atoms with van der Waals surface area (Å²) in [5.41, 5.74) is -0.846. The molecule has 0 spiro atoms. The van der Waals surface area contributed by atoms with Gasteiger partial charge >= 0.3 is 6.18 Å². The van der Waals surface area contributed by atoms with Gasteiger partial charge in [0.05, 0.1) is 0 Å². The normalized spacial score (nSPS) is 25.1. The first-order valence-electron chi connectivity index (χ1n) is 4.77. The van der Waals surface area contributed by atoms with E-state index in [-0.39, 0.29) is 6.04 Å². The lowest BCUT2D eigenvalue weighted by Gasteiger charge is -2.08. The minimum Gasteiger partial charge on any atom is -0.367 e. The largest absolute Gasteiger partial charge is 0.433 e. The summed E-state index contributed by atoms with van der Waals surface area (Å²) in [4.78, 5) is 3.52. The quantitative estimate of drug-likeness (QED) is 0.822. The highest BCUT2D eigenvalue weighted by Crippen LogP contribution is 2.33. The topological polar surface area (TPSA) is 24.9 Å². The van der Waals surface area contributed by atoms with Gasteiger partial charge in [0, 0.05) is 6.04 Å². The van der Waals surface area contributed by atoms with E-state index in [0.29, 0.717) is 11.7 Å². The fourth-order valence-electron chi connectivity index (χ4n) is 1.39. The summed E-state index contributed by atoms with van der Waals surface area (Å²) in [7, 11) is 0. The molecule has 0 bridgehead atoms. The van der Waals surface area contributed by atoms with Crippen LogP contribution in [0, 0.1) is 5.92 Å². The molecule has 2 unspecified atom stereocenters. The van der Waals surface area contributed by atoms with Gasteiger partial charge in [0.15, 0.2) is 0 Å². The lowest BCUT2D eigenvalue weighted by Crippen LogP contribution is -2.11. The molecular weight excluding hydrogens is 205 g/mol. The Morgan fingerprint density at radius 1 is 1.40 bits per heavy atom. The Hall–Kier alpha value is -1.26. The molecule has 1 aromatic rings. The summed E-state index contributed by atoms with van der Waals surface area (Å²) in [6.07, 6.45) is -3.37. The summed E-state index contributed by atoms with van der Waals surface area (Å²) < 4.78 is 36.9. The van der Waals surface area contributed by atoms with Gasteiger partial charge in [-0.05, 0) is 24.5 Å². The molecule has 1 fully saturated rings. The lowest BCUT2D eigenvalue weighted by molar-refractivity contribution is -0.141. The number of aromatic nitrogens is 1. The smallest absolute Gasteiger partial charge is 0.367 e. The molecule has 1 heterocycles. The second-order valence-electron chi connectivity index (χ2n) is 3.87. The first-order valence-corrected chi connectivity index (χ1v) is 4.77. The van der Waals surface area contributed by atoms with Gasteiger partial charge in [0.1, 0.15) is 11.5 Å². The Morgan fingerprint density at radius 2 is 2.07 bits per heavy atom. The third kappa shape index (κ3) is 2.40. The van der Waals surface area contributed by atoms with Crippen molar-refractivity contribution in [1.82, 2.24) is 4.98 Å². The zero-order chi connectivity index (χ0) is 11.1. The van der Waals surface area contributed by atoms with Crippen LogP contribution in [0.5, 0.6) is 0 Å². The standard InChI is InChI=1S/C10H11F3N2/c1-6-5-7(6)14-9-4-2-3-8(15-9)10(11,12)13/h2-4,6-7H,5H2,1H3,(H,14,15). The summed E-state index contributed by atoms with van der Waals surface area (Å²) in [6.45, 7) is 2.05. The predicted molar refractivity (Wildman–Crippen MR) is 50.4 cm³/mol. The average molecular weight is 216 g/mol. The molecule has 0 aromatic carbocycles. The van der Waals surface area contributed by atoms with Crippen molar-refractivity contribution in [2.24, 2.45) is 5.92 Å². The van der Waals surface area contributed by atoms with Gasteiger partial charge in [0.2, 0.25) is 0 Å². The van der Waals surface area contributed by atoms with Crippen LogP contribution in [0.4, 0.5) is 19.0 Å². The van der Waals surface area contributed by atoms with Crippen LogP contribution in [0.3, 0.4) is 0 Å². The number of hydrogen-bond acceptors (Lipinski definition) is 2. The van der Waals surface area contributed by atoms with Crippen molar-refractivity contribution in [3.05, 3.63) is 23.9 Å². The summed E-state index contributed by atoms with van der Waals surface area (Å²) >= 11 is 0. The van der Waals surface area contributed by atoms with Crippen molar-refractivity contribution >= 4 is 5.82 Å². The Labute approximate surface area is 85.5 Å². The Kier molecular flexibility index (Phi) is 2.32. The number of halogens is 3. The zero-order valence-electron chi connectivity index (χ0n) is 8.17. The molecular formula is C10H11F3N2. The number of pyridine rings is 1. The molecule has 0 saturated heterocycles. The number of rotatable bonds is 2. The lowest BCUT2D eigenvalue weighted by atomic mass is 10.3. The maximum Gasteiger partial charge on any atom is 0.433 e. The van der Waals surface area contributed by atoms with Gasteiger partial charge in [-0.15, -0.1) is 0 Å². The van der Waals surface area contributed by atoms with E-state index < -0.39 is 11.9 Å². The van der Waals surface area contributed by atoms with Gasteiger partial charge in [-0.3, -0.25) is 0 Å². The third-order valence-corrected chi connectivity index (χ3v) is 2.48. The number of anilines is 1. The monoisotopic (exact) mass is 216 g/mol. The van der Waals surface area contributed by atoms with Crippen LogP contribution in [-0.4, -0.2) is 11.0 Å². The summed E-state index contributed by atoms with van der Waals surface area (Å²) in [6, 6.07) is 4.17. The minimum atomic E-state index is -4.37. The van der Waals surface area contributed by atoms with Crippen molar-refractivity contribution in [3.8, 4) is 0 Å². The maximum absolute atomic E-state index is 12.3. The number of hydrogen-bond donors (Lipinski definition) is 1. The molecule has 2 rings (SSSR count). The summed E-state index contributed by atoms with van der Waals surface area (Å²) in [5, 5.41) is 2.97. The van der Waals surface area contributed by atoms with E-state index in [4.69, 9.17) is 0 Å². The highest BCUT2D eigenvalue weighted by atomic mass is 19.4. The molecule has 1 aromatic heterocycles. The van der Waals surface area contributed by atoms with Crippen molar-refractivity contribution in [2.75, 3.05) is 5.32 Å². The van der Waals surface area contributed by atoms with Gasteiger partial charge in [-0.1, -0.05) is 13.0 Å². The Balaban J connectivity index is 2.12. The Bertz CT molecular complexity index is 362. The van der Waals surface area contributed by atoms with E-state index in [1.807, 2.05) is 6.92 Å². The second-order valence-corrected chi connectivity index (χ2v) is 3.87. The van der Waals surface area contributed by atoms with Crippen LogP contribution in [0.15, 0.2) is 18.2 Å². The predicted octanol–water partition coefficient (Wildman–Crippen LogP) is 2.92. The minimum absolute atomic E-state index is 0.279. The molecule has 1 aliphatic carbocycles. The molecule has 15 heavy (non-hydrogen) atoms. The van der Waals surface area contributed by atoms with Crippen LogP contribution in [0.2, 0.25) is 0 Å². The van der Waals surface area contributed by atoms with Gasteiger partial charge < -0.3 is 5.32 Å². The molecule has 2 nitrogen and oxygen atoms in total. The van der Waals surface area contributed by atoms with Crippen LogP contribution >= 0.6 is 0 Å². The van der Waals surface area contributed by atoms with E-state index in [2.05, 4.69) is 10.3 Å². The fraction of sp³-hybridized carbons (Fsp3) is 0.500. The van der Waals surface area contributed by atoms with E-state index >= 15 is 0 Å². The van der Waals surface area contributed by atoms with E-state index in [0.717, 1.165) is 12.5 Å². The van der Waals surface area contributed by atoms with Crippen LogP contribution in [0.25, 0.3) is 0 Å². The maximum atomic E-state index is 12.3. The molecule has 5 heteroatoms. The SMILES string of the molecule is CC1CC1Nc1cccc(C(F)(F)F)n1. The van der Waals surface area contributed by atoms with E-state index in [1.54, 1.807) is 6.07 Å². The van der Waals surface area contributed by atoms with Crippen molar-refractivity contribution in [1.29, 1.82) is 0 Å². The summed E-state index contributed by atoms with van der Waals surface area (Å²) in [5.74, 6) is 0.834. The van der Waals surface area contributed by atoms with E-state index in [1.165, 1.54) is 6.07 Å². The first kappa shape index (κ1) is 10.3. The number of nitrogens with zero attached hydrogens (tertiary/aromatic N) is 1. The zero-order valence-corrected chi connectivity index (χ0v) is 8.17. The molecule has 0 radical (unpaired) electrons. The van der Waals surface area contributed by atoms with Crippen molar-refractivity contribution in [2.45, 2.75) is 25.6 Å². The Morgan fingerprint density at radius 3 is 2.60 bits per heavy atom. The highest BCUT2D eigenvalue weighted by molar-refractivity contribution is 5.38. The number of nitrogens with one attached hydrogen (secondary N) is 1. The molecule has 2 atom stereocenters. The molecule has 0 amide bonds. The second kappa shape index (κ2) is 3.40. The fourth-order valence-corrected chi connectivity index (χ4v) is 1.39. The first-order chi connectivity index (χ1) is 6.97. The number of alkyl halides is 3. The molecule has 82 valence electrons. The molecule has 1 N–H and O–H groups in total. The van der Waals surface area contributed by atoms with Gasteiger partial charge in [-0.2, -0.15) is 13.2 Å². The van der Waals surface area contributed by atoms with Crippen LogP contribution in [-0.2, 0) is 6.18 Å². The van der Waals surface area contributed by atoms with Crippen LogP contribution in [0.1, 0.15) is 19.0 Å². The molecule has 1 aliphatic rings. The van der Waals surface area contributed by atoms with E-state index in [9.17, 15) is 13.2 Å². The van der Waals surface area contributed by atoms with Crippen LogP contribution < -0.4 is 5.32 Å². The average Bonchev–Trinajstić information content (AvgIpc) is 2.81. The van der Waals surface area contributed by atoms with Crippen molar-refractivity contribution < 1.29 is 13.2 Å². The third-order valence-electron chi connectivity index (χ3n) is 2.48. The van der Waals surface area contributed by atoms with Crippen molar-refractivity contribution in [3.63, 3.8) is 0 Å². The molecule has 1 saturated carbocycles. The highest BCUT2D eigenvalue weighted by Gasteiger charge is 2.35.